The monoisotopic (exact) mass is 333 g/mol. The van der Waals surface area contributed by atoms with E-state index in [-0.39, 0.29) is 12.0 Å². The number of hydrogen-bond donors (Lipinski definition) is 2. The third-order valence-corrected chi connectivity index (χ3v) is 4.19. The molecular weight excluding hydrogens is 310 g/mol. The van der Waals surface area contributed by atoms with E-state index in [0.717, 1.165) is 22.9 Å². The molecule has 0 aromatic carbocycles. The van der Waals surface area contributed by atoms with E-state index in [4.69, 9.17) is 4.74 Å². The van der Waals surface area contributed by atoms with Crippen LogP contribution in [0.3, 0.4) is 0 Å². The number of carbonyl (C=O) groups is 1. The van der Waals surface area contributed by atoms with E-state index in [0.29, 0.717) is 32.1 Å². The Bertz CT molecular complexity index is 736. The summed E-state index contributed by atoms with van der Waals surface area (Å²) in [5.41, 5.74) is 2.55. The molecule has 2 aromatic heterocycles. The second kappa shape index (κ2) is 6.70. The lowest BCUT2D eigenvalue weighted by Gasteiger charge is -2.30. The lowest BCUT2D eigenvalue weighted by atomic mass is 10.2. The minimum atomic E-state index is -0.210. The number of hydrogen-bond acceptors (Lipinski definition) is 6. The normalized spacial score (nSPS) is 18.8. The highest BCUT2D eigenvalue weighted by Crippen LogP contribution is 2.20. The summed E-state index contributed by atoms with van der Waals surface area (Å²) in [5, 5.41) is 14.2. The molecule has 1 saturated heterocycles. The fraction of sp³-hybridized carbons (Fsp3) is 0.600. The average Bonchev–Trinajstić information content (AvgIpc) is 3.07. The van der Waals surface area contributed by atoms with Gasteiger partial charge in [-0.05, 0) is 20.8 Å². The van der Waals surface area contributed by atoms with Gasteiger partial charge in [0.1, 0.15) is 11.9 Å². The van der Waals surface area contributed by atoms with Gasteiger partial charge in [0.15, 0.2) is 5.82 Å². The molecule has 1 amide bonds. The van der Waals surface area contributed by atoms with Crippen molar-refractivity contribution in [1.29, 1.82) is 0 Å². The first-order valence-electron chi connectivity index (χ1n) is 7.97. The van der Waals surface area contributed by atoms with Crippen molar-refractivity contribution in [2.24, 2.45) is 7.05 Å². The maximum absolute atomic E-state index is 12.4. The topological polar surface area (TPSA) is 101 Å². The molecule has 0 radical (unpaired) electrons. The molecule has 1 aliphatic heterocycles. The summed E-state index contributed by atoms with van der Waals surface area (Å²) in [4.78, 5) is 18.7. The van der Waals surface area contributed by atoms with Gasteiger partial charge in [0, 0.05) is 20.1 Å². The SMILES string of the molecule is Cc1nc([C@@H]2CN(CC(=O)Nc3c(C)nn(C)c3C)CCO2)n[nH]1. The Morgan fingerprint density at radius 3 is 2.83 bits per heavy atom. The van der Waals surface area contributed by atoms with Gasteiger partial charge in [-0.1, -0.05) is 0 Å². The smallest absolute Gasteiger partial charge is 0.238 e. The Morgan fingerprint density at radius 1 is 1.42 bits per heavy atom. The third-order valence-electron chi connectivity index (χ3n) is 4.19. The van der Waals surface area contributed by atoms with Crippen molar-refractivity contribution in [1.82, 2.24) is 29.9 Å². The second-order valence-corrected chi connectivity index (χ2v) is 6.09. The molecule has 0 bridgehead atoms. The minimum Gasteiger partial charge on any atom is -0.367 e. The van der Waals surface area contributed by atoms with E-state index in [1.807, 2.05) is 27.8 Å². The van der Waals surface area contributed by atoms with Crippen LogP contribution in [0.2, 0.25) is 0 Å². The molecule has 1 fully saturated rings. The van der Waals surface area contributed by atoms with Gasteiger partial charge in [0.05, 0.1) is 30.2 Å². The van der Waals surface area contributed by atoms with E-state index in [2.05, 4.69) is 30.5 Å². The van der Waals surface area contributed by atoms with Crippen LogP contribution in [0.15, 0.2) is 0 Å². The van der Waals surface area contributed by atoms with Crippen molar-refractivity contribution in [3.8, 4) is 0 Å². The van der Waals surface area contributed by atoms with Crippen LogP contribution in [0, 0.1) is 20.8 Å². The van der Waals surface area contributed by atoms with E-state index in [1.165, 1.54) is 0 Å². The maximum atomic E-state index is 12.4. The Balaban J connectivity index is 1.60. The maximum Gasteiger partial charge on any atom is 0.238 e. The molecule has 3 heterocycles. The van der Waals surface area contributed by atoms with Gasteiger partial charge in [0.25, 0.3) is 0 Å². The highest BCUT2D eigenvalue weighted by Gasteiger charge is 2.26. The number of anilines is 1. The molecule has 3 rings (SSSR count). The first kappa shape index (κ1) is 16.6. The lowest BCUT2D eigenvalue weighted by Crippen LogP contribution is -2.42. The van der Waals surface area contributed by atoms with Crippen LogP contribution < -0.4 is 5.32 Å². The van der Waals surface area contributed by atoms with Crippen molar-refractivity contribution in [3.05, 3.63) is 23.0 Å². The second-order valence-electron chi connectivity index (χ2n) is 6.09. The van der Waals surface area contributed by atoms with Crippen LogP contribution >= 0.6 is 0 Å². The molecule has 0 saturated carbocycles. The molecule has 24 heavy (non-hydrogen) atoms. The van der Waals surface area contributed by atoms with Crippen LogP contribution in [-0.2, 0) is 16.6 Å². The summed E-state index contributed by atoms with van der Waals surface area (Å²) in [5.74, 6) is 1.34. The standard InChI is InChI=1S/C15H23N7O2/c1-9-14(10(2)21(4)20-9)17-13(23)8-22-5-6-24-12(7-22)15-16-11(3)18-19-15/h12H,5-8H2,1-4H3,(H,17,23)(H,16,18,19)/t12-/m0/s1. The van der Waals surface area contributed by atoms with Crippen LogP contribution in [-0.4, -0.2) is 62.0 Å². The molecule has 2 aromatic rings. The highest BCUT2D eigenvalue weighted by molar-refractivity contribution is 5.93. The fourth-order valence-corrected chi connectivity index (χ4v) is 2.84. The van der Waals surface area contributed by atoms with E-state index < -0.39 is 0 Å². The number of aromatic amines is 1. The first-order chi connectivity index (χ1) is 11.4. The molecule has 1 aliphatic rings. The largest absolute Gasteiger partial charge is 0.367 e. The number of ether oxygens (including phenoxy) is 1. The van der Waals surface area contributed by atoms with Crippen molar-refractivity contribution in [2.45, 2.75) is 26.9 Å². The number of amides is 1. The average molecular weight is 333 g/mol. The number of rotatable bonds is 4. The summed E-state index contributed by atoms with van der Waals surface area (Å²) < 4.78 is 7.48. The summed E-state index contributed by atoms with van der Waals surface area (Å²) >= 11 is 0. The van der Waals surface area contributed by atoms with Crippen molar-refractivity contribution >= 4 is 11.6 Å². The summed E-state index contributed by atoms with van der Waals surface area (Å²) in [6.45, 7) is 7.83. The van der Waals surface area contributed by atoms with Crippen LogP contribution in [0.4, 0.5) is 5.69 Å². The van der Waals surface area contributed by atoms with Crippen molar-refractivity contribution in [3.63, 3.8) is 0 Å². The Labute approximate surface area is 140 Å². The molecule has 130 valence electrons. The zero-order chi connectivity index (χ0) is 17.3. The minimum absolute atomic E-state index is 0.0546. The Kier molecular flexibility index (Phi) is 4.63. The summed E-state index contributed by atoms with van der Waals surface area (Å²) in [6, 6.07) is 0. The predicted molar refractivity (Wildman–Crippen MR) is 87.6 cm³/mol. The third kappa shape index (κ3) is 3.46. The molecule has 0 spiro atoms. The number of aromatic nitrogens is 5. The number of morpholine rings is 1. The zero-order valence-electron chi connectivity index (χ0n) is 14.5. The van der Waals surface area contributed by atoms with Gasteiger partial charge in [-0.15, -0.1) is 0 Å². The highest BCUT2D eigenvalue weighted by atomic mass is 16.5. The molecule has 9 heteroatoms. The van der Waals surface area contributed by atoms with Gasteiger partial charge in [-0.25, -0.2) is 4.98 Å². The lowest BCUT2D eigenvalue weighted by molar-refractivity contribution is -0.119. The van der Waals surface area contributed by atoms with Crippen molar-refractivity contribution < 1.29 is 9.53 Å². The molecule has 2 N–H and O–H groups in total. The zero-order valence-corrected chi connectivity index (χ0v) is 14.5. The molecular formula is C15H23N7O2. The van der Waals surface area contributed by atoms with E-state index in [9.17, 15) is 4.79 Å². The van der Waals surface area contributed by atoms with E-state index in [1.54, 1.807) is 4.68 Å². The number of carbonyl (C=O) groups excluding carboxylic acids is 1. The van der Waals surface area contributed by atoms with Gasteiger partial charge >= 0.3 is 0 Å². The van der Waals surface area contributed by atoms with Crippen LogP contribution in [0.25, 0.3) is 0 Å². The molecule has 0 aliphatic carbocycles. The van der Waals surface area contributed by atoms with Gasteiger partial charge in [0.2, 0.25) is 5.91 Å². The number of nitrogens with zero attached hydrogens (tertiary/aromatic N) is 5. The van der Waals surface area contributed by atoms with E-state index >= 15 is 0 Å². The van der Waals surface area contributed by atoms with Gasteiger partial charge < -0.3 is 10.1 Å². The number of H-pyrrole nitrogens is 1. The Morgan fingerprint density at radius 2 is 2.21 bits per heavy atom. The first-order valence-corrected chi connectivity index (χ1v) is 7.97. The Hall–Kier alpha value is -2.26. The quantitative estimate of drug-likeness (QED) is 0.844. The summed E-state index contributed by atoms with van der Waals surface area (Å²) in [7, 11) is 1.86. The van der Waals surface area contributed by atoms with Gasteiger partial charge in [-0.3, -0.25) is 19.5 Å². The summed E-state index contributed by atoms with van der Waals surface area (Å²) in [6.07, 6.45) is -0.210. The molecule has 1 atom stereocenters. The van der Waals surface area contributed by atoms with Gasteiger partial charge in [-0.2, -0.15) is 10.2 Å². The molecule has 0 unspecified atom stereocenters. The predicted octanol–water partition coefficient (Wildman–Crippen LogP) is 0.475. The molecule has 9 nitrogen and oxygen atoms in total. The van der Waals surface area contributed by atoms with Crippen LogP contribution in [0.5, 0.6) is 0 Å². The number of aryl methyl sites for hydroxylation is 3. The van der Waals surface area contributed by atoms with Crippen LogP contribution in [0.1, 0.15) is 29.1 Å². The fourth-order valence-electron chi connectivity index (χ4n) is 2.84. The van der Waals surface area contributed by atoms with Crippen molar-refractivity contribution in [2.75, 3.05) is 31.6 Å². The number of nitrogens with one attached hydrogen (secondary N) is 2.